The Kier molecular flexibility index (Phi) is 6.11. The highest BCUT2D eigenvalue weighted by Crippen LogP contribution is 2.12. The minimum Gasteiger partial charge on any atom is -0.352 e. The number of carbonyl (C=O) groups excluding carboxylic acids is 1. The van der Waals surface area contributed by atoms with Crippen LogP contribution in [0.5, 0.6) is 0 Å². The van der Waals surface area contributed by atoms with Crippen LogP contribution >= 0.6 is 0 Å². The first-order valence-electron chi connectivity index (χ1n) is 9.09. The predicted octanol–water partition coefficient (Wildman–Crippen LogP) is 1.72. The van der Waals surface area contributed by atoms with E-state index in [2.05, 4.69) is 32.6 Å². The quantitative estimate of drug-likeness (QED) is 0.829. The van der Waals surface area contributed by atoms with Crippen molar-refractivity contribution in [3.8, 4) is 11.4 Å². The van der Waals surface area contributed by atoms with Gasteiger partial charge in [0.05, 0.1) is 6.54 Å². The van der Waals surface area contributed by atoms with E-state index in [1.54, 1.807) is 4.80 Å². The van der Waals surface area contributed by atoms with E-state index < -0.39 is 0 Å². The van der Waals surface area contributed by atoms with Crippen molar-refractivity contribution in [2.75, 3.05) is 19.6 Å². The van der Waals surface area contributed by atoms with Crippen LogP contribution in [0.25, 0.3) is 11.4 Å². The highest BCUT2D eigenvalue weighted by atomic mass is 16.1. The molecule has 0 radical (unpaired) electrons. The Balaban J connectivity index is 1.41. The van der Waals surface area contributed by atoms with Gasteiger partial charge in [0.15, 0.2) is 0 Å². The third-order valence-corrected chi connectivity index (χ3v) is 4.56. The normalized spacial score (nSPS) is 18.2. The van der Waals surface area contributed by atoms with Crippen LogP contribution < -0.4 is 5.32 Å². The Hall–Kier alpha value is -2.28. The fraction of sp³-hybridized carbons (Fsp3) is 0.556. The fourth-order valence-corrected chi connectivity index (χ4v) is 3.18. The molecule has 1 N–H and O–H groups in total. The van der Waals surface area contributed by atoms with Crippen molar-refractivity contribution in [1.29, 1.82) is 0 Å². The van der Waals surface area contributed by atoms with Crippen LogP contribution in [0, 0.1) is 0 Å². The van der Waals surface area contributed by atoms with Gasteiger partial charge >= 0.3 is 0 Å². The molecule has 1 aliphatic rings. The third-order valence-electron chi connectivity index (χ3n) is 4.56. The second kappa shape index (κ2) is 8.71. The molecule has 7 nitrogen and oxygen atoms in total. The number of rotatable bonds is 7. The second-order valence-corrected chi connectivity index (χ2v) is 6.48. The van der Waals surface area contributed by atoms with Crippen LogP contribution in [0.1, 0.15) is 32.6 Å². The number of tetrazole rings is 1. The van der Waals surface area contributed by atoms with Gasteiger partial charge in [0.1, 0.15) is 0 Å². The fourth-order valence-electron chi connectivity index (χ4n) is 3.18. The van der Waals surface area contributed by atoms with Crippen molar-refractivity contribution >= 4 is 5.91 Å². The minimum atomic E-state index is 0.117. The van der Waals surface area contributed by atoms with Gasteiger partial charge in [-0.25, -0.2) is 0 Å². The van der Waals surface area contributed by atoms with E-state index in [1.165, 1.54) is 0 Å². The summed E-state index contributed by atoms with van der Waals surface area (Å²) >= 11 is 0. The number of aromatic nitrogens is 4. The highest BCUT2D eigenvalue weighted by Gasteiger charge is 2.20. The molecule has 25 heavy (non-hydrogen) atoms. The Bertz CT molecular complexity index is 671. The van der Waals surface area contributed by atoms with Gasteiger partial charge in [-0.05, 0) is 37.6 Å². The summed E-state index contributed by atoms with van der Waals surface area (Å²) in [5, 5.41) is 15.7. The summed E-state index contributed by atoms with van der Waals surface area (Å²) in [6.07, 6.45) is 3.43. The summed E-state index contributed by atoms with van der Waals surface area (Å²) < 4.78 is 0. The molecule has 1 atom stereocenters. The molecule has 1 aliphatic heterocycles. The average molecular weight is 342 g/mol. The van der Waals surface area contributed by atoms with Crippen LogP contribution in [0.15, 0.2) is 30.3 Å². The molecule has 7 heteroatoms. The summed E-state index contributed by atoms with van der Waals surface area (Å²) in [7, 11) is 0. The van der Waals surface area contributed by atoms with Crippen LogP contribution in [-0.2, 0) is 11.3 Å². The lowest BCUT2D eigenvalue weighted by molar-refractivity contribution is -0.122. The Morgan fingerprint density at radius 2 is 2.16 bits per heavy atom. The summed E-state index contributed by atoms with van der Waals surface area (Å²) in [6.45, 7) is 5.92. The number of amides is 1. The number of nitrogens with one attached hydrogen (secondary N) is 1. The van der Waals surface area contributed by atoms with E-state index in [0.29, 0.717) is 25.2 Å². The van der Waals surface area contributed by atoms with E-state index in [4.69, 9.17) is 0 Å². The number of piperidine rings is 1. The van der Waals surface area contributed by atoms with Crippen molar-refractivity contribution in [1.82, 2.24) is 30.4 Å². The maximum atomic E-state index is 12.1. The van der Waals surface area contributed by atoms with Gasteiger partial charge in [-0.2, -0.15) is 4.80 Å². The van der Waals surface area contributed by atoms with Crippen LogP contribution in [0.2, 0.25) is 0 Å². The van der Waals surface area contributed by atoms with Crippen molar-refractivity contribution in [3.63, 3.8) is 0 Å². The van der Waals surface area contributed by atoms with Crippen molar-refractivity contribution in [2.24, 2.45) is 0 Å². The Morgan fingerprint density at radius 1 is 1.32 bits per heavy atom. The molecule has 1 aromatic heterocycles. The maximum Gasteiger partial charge on any atom is 0.220 e. The molecule has 2 aromatic rings. The van der Waals surface area contributed by atoms with Crippen molar-refractivity contribution in [3.05, 3.63) is 30.3 Å². The predicted molar refractivity (Wildman–Crippen MR) is 95.8 cm³/mol. The van der Waals surface area contributed by atoms with Gasteiger partial charge in [0.25, 0.3) is 0 Å². The molecule has 1 saturated heterocycles. The van der Waals surface area contributed by atoms with Crippen molar-refractivity contribution in [2.45, 2.75) is 45.2 Å². The van der Waals surface area contributed by atoms with Crippen LogP contribution in [-0.4, -0.2) is 56.7 Å². The molecule has 134 valence electrons. The van der Waals surface area contributed by atoms with Crippen LogP contribution in [0.4, 0.5) is 0 Å². The summed E-state index contributed by atoms with van der Waals surface area (Å²) in [5.74, 6) is 0.735. The van der Waals surface area contributed by atoms with Gasteiger partial charge in [-0.15, -0.1) is 10.2 Å². The number of likely N-dealkylation sites (N-methyl/N-ethyl adjacent to an activating group) is 1. The molecular formula is C18H26N6O. The zero-order valence-electron chi connectivity index (χ0n) is 14.8. The zero-order chi connectivity index (χ0) is 17.5. The van der Waals surface area contributed by atoms with E-state index in [-0.39, 0.29) is 11.9 Å². The summed E-state index contributed by atoms with van der Waals surface area (Å²) in [4.78, 5) is 16.1. The first kappa shape index (κ1) is 17.5. The minimum absolute atomic E-state index is 0.117. The monoisotopic (exact) mass is 342 g/mol. The number of hydrogen-bond donors (Lipinski definition) is 1. The molecule has 1 aromatic carbocycles. The average Bonchev–Trinajstić information content (AvgIpc) is 3.11. The SMILES string of the molecule is CCN1CCC[C@@H](NC(=O)CCCn2nnc(-c3ccccc3)n2)C1. The van der Waals surface area contributed by atoms with Gasteiger partial charge in [0.2, 0.25) is 11.7 Å². The van der Waals surface area contributed by atoms with Crippen LogP contribution in [0.3, 0.4) is 0 Å². The third kappa shape index (κ3) is 5.09. The van der Waals surface area contributed by atoms with Crippen molar-refractivity contribution < 1.29 is 4.79 Å². The number of nitrogens with zero attached hydrogens (tertiary/aromatic N) is 5. The zero-order valence-corrected chi connectivity index (χ0v) is 14.8. The largest absolute Gasteiger partial charge is 0.352 e. The Morgan fingerprint density at radius 3 is 2.96 bits per heavy atom. The van der Waals surface area contributed by atoms with E-state index in [9.17, 15) is 4.79 Å². The molecule has 2 heterocycles. The molecule has 0 spiro atoms. The smallest absolute Gasteiger partial charge is 0.220 e. The topological polar surface area (TPSA) is 75.9 Å². The molecule has 1 amide bonds. The standard InChI is InChI=1S/C18H26N6O/c1-2-23-12-6-10-16(14-23)19-17(25)11-7-13-24-21-18(20-22-24)15-8-4-3-5-9-15/h3-5,8-9,16H,2,6-7,10-14H2,1H3,(H,19,25)/t16-/m1/s1. The molecule has 0 saturated carbocycles. The lowest BCUT2D eigenvalue weighted by Gasteiger charge is -2.32. The maximum absolute atomic E-state index is 12.1. The first-order valence-corrected chi connectivity index (χ1v) is 9.09. The first-order chi connectivity index (χ1) is 12.2. The van der Waals surface area contributed by atoms with E-state index in [0.717, 1.165) is 38.0 Å². The molecule has 3 rings (SSSR count). The number of carbonyl (C=O) groups is 1. The number of aryl methyl sites for hydroxylation is 1. The summed E-state index contributed by atoms with van der Waals surface area (Å²) in [6, 6.07) is 10.1. The van der Waals surface area contributed by atoms with Gasteiger partial charge < -0.3 is 10.2 Å². The van der Waals surface area contributed by atoms with Gasteiger partial charge in [0, 0.05) is 24.6 Å². The lowest BCUT2D eigenvalue weighted by atomic mass is 10.1. The van der Waals surface area contributed by atoms with Gasteiger partial charge in [-0.3, -0.25) is 4.79 Å². The highest BCUT2D eigenvalue weighted by molar-refractivity contribution is 5.76. The molecule has 0 aliphatic carbocycles. The number of likely N-dealkylation sites (tertiary alicyclic amines) is 1. The second-order valence-electron chi connectivity index (χ2n) is 6.48. The molecular weight excluding hydrogens is 316 g/mol. The molecule has 1 fully saturated rings. The van der Waals surface area contributed by atoms with E-state index in [1.807, 2.05) is 30.3 Å². The Labute approximate surface area is 148 Å². The van der Waals surface area contributed by atoms with E-state index >= 15 is 0 Å². The summed E-state index contributed by atoms with van der Waals surface area (Å²) in [5.41, 5.74) is 0.948. The number of hydrogen-bond acceptors (Lipinski definition) is 5. The lowest BCUT2D eigenvalue weighted by Crippen LogP contribution is -2.47. The molecule has 0 bridgehead atoms. The molecule has 0 unspecified atom stereocenters. The van der Waals surface area contributed by atoms with Gasteiger partial charge in [-0.1, -0.05) is 37.3 Å². The number of benzene rings is 1.